The molecule has 2 heterocycles. The minimum atomic E-state index is 0.722. The largest absolute Gasteiger partial charge is 0.306 e. The van der Waals surface area contributed by atoms with E-state index in [4.69, 9.17) is 11.6 Å². The molecule has 0 atom stereocenters. The Labute approximate surface area is 82.3 Å². The highest BCUT2D eigenvalue weighted by Gasteiger charge is 1.97. The van der Waals surface area contributed by atoms with Gasteiger partial charge in [-0.05, 0) is 28.7 Å². The first-order chi connectivity index (χ1) is 5.25. The lowest BCUT2D eigenvalue weighted by molar-refractivity contribution is 1.19. The van der Waals surface area contributed by atoms with Crippen LogP contribution < -0.4 is 0 Å². The first kappa shape index (κ1) is 7.36. The molecule has 0 aliphatic rings. The zero-order chi connectivity index (χ0) is 7.84. The van der Waals surface area contributed by atoms with Crippen LogP contribution in [0.4, 0.5) is 0 Å². The third kappa shape index (κ3) is 1.35. The summed E-state index contributed by atoms with van der Waals surface area (Å²) in [6.45, 7) is 0. The Bertz CT molecular complexity index is 396. The minimum Gasteiger partial charge on any atom is -0.306 e. The number of rotatable bonds is 0. The van der Waals surface area contributed by atoms with E-state index in [0.717, 1.165) is 14.4 Å². The van der Waals surface area contributed by atoms with Crippen LogP contribution in [0.3, 0.4) is 0 Å². The van der Waals surface area contributed by atoms with E-state index in [1.54, 1.807) is 0 Å². The molecule has 2 aromatic heterocycles. The van der Waals surface area contributed by atoms with E-state index in [0.29, 0.717) is 0 Å². The molecule has 2 nitrogen and oxygen atoms in total. The van der Waals surface area contributed by atoms with Crippen molar-refractivity contribution in [3.8, 4) is 0 Å². The Kier molecular flexibility index (Phi) is 1.77. The zero-order valence-corrected chi connectivity index (χ0v) is 8.37. The van der Waals surface area contributed by atoms with Crippen LogP contribution in [0.25, 0.3) is 5.65 Å². The van der Waals surface area contributed by atoms with Crippen LogP contribution in [0.1, 0.15) is 0 Å². The van der Waals surface area contributed by atoms with Gasteiger partial charge in [0.2, 0.25) is 0 Å². The molecule has 56 valence electrons. The van der Waals surface area contributed by atoms with Gasteiger partial charge >= 0.3 is 0 Å². The van der Waals surface area contributed by atoms with E-state index in [9.17, 15) is 0 Å². The van der Waals surface area contributed by atoms with Crippen molar-refractivity contribution < 1.29 is 0 Å². The van der Waals surface area contributed by atoms with Crippen LogP contribution in [0.2, 0.25) is 5.02 Å². The fraction of sp³-hybridized carbons (Fsp3) is 0. The van der Waals surface area contributed by atoms with Gasteiger partial charge in [-0.1, -0.05) is 11.6 Å². The Morgan fingerprint density at radius 3 is 3.18 bits per heavy atom. The van der Waals surface area contributed by atoms with Gasteiger partial charge in [0.1, 0.15) is 9.35 Å². The van der Waals surface area contributed by atoms with Crippen molar-refractivity contribution in [2.75, 3.05) is 0 Å². The second kappa shape index (κ2) is 2.64. The van der Waals surface area contributed by atoms with Gasteiger partial charge in [-0.15, -0.1) is 0 Å². The minimum absolute atomic E-state index is 0.722. The third-order valence-electron chi connectivity index (χ3n) is 1.39. The van der Waals surface area contributed by atoms with Gasteiger partial charge in [-0.2, -0.15) is 0 Å². The molecule has 11 heavy (non-hydrogen) atoms. The van der Waals surface area contributed by atoms with Crippen molar-refractivity contribution in [3.63, 3.8) is 0 Å². The maximum atomic E-state index is 5.77. The van der Waals surface area contributed by atoms with E-state index in [1.165, 1.54) is 0 Å². The van der Waals surface area contributed by atoms with Gasteiger partial charge in [0.15, 0.2) is 0 Å². The van der Waals surface area contributed by atoms with Gasteiger partial charge in [0.25, 0.3) is 0 Å². The lowest BCUT2D eigenvalue weighted by Crippen LogP contribution is -1.79. The number of hydrogen-bond donors (Lipinski definition) is 0. The molecule has 0 saturated heterocycles. The summed E-state index contributed by atoms with van der Waals surface area (Å²) in [6, 6.07) is 3.68. The molecule has 0 amide bonds. The second-order valence-electron chi connectivity index (χ2n) is 2.17. The molecule has 0 radical (unpaired) electrons. The normalized spacial score (nSPS) is 10.7. The number of aromatic nitrogens is 2. The number of halogens is 2. The Morgan fingerprint density at radius 2 is 2.36 bits per heavy atom. The van der Waals surface area contributed by atoms with Crippen molar-refractivity contribution in [1.82, 2.24) is 9.38 Å². The van der Waals surface area contributed by atoms with Gasteiger partial charge in [0.05, 0.1) is 0 Å². The summed E-state index contributed by atoms with van der Waals surface area (Å²) in [4.78, 5) is 4.24. The predicted molar refractivity (Wildman–Crippen MR) is 52.9 cm³/mol. The van der Waals surface area contributed by atoms with E-state index in [1.807, 2.05) is 28.9 Å². The van der Waals surface area contributed by atoms with Gasteiger partial charge in [-0.3, -0.25) is 0 Å². The summed E-state index contributed by atoms with van der Waals surface area (Å²) in [5, 5.41) is 0.722. The van der Waals surface area contributed by atoms with Gasteiger partial charge in [-0.25, -0.2) is 4.98 Å². The number of fused-ring (bicyclic) bond motifs is 1. The Balaban J connectivity index is 2.82. The highest BCUT2D eigenvalue weighted by molar-refractivity contribution is 14.1. The molecule has 0 saturated carbocycles. The predicted octanol–water partition coefficient (Wildman–Crippen LogP) is 2.59. The maximum absolute atomic E-state index is 5.77. The maximum Gasteiger partial charge on any atom is 0.139 e. The molecular formula is C7H4ClIN2. The summed E-state index contributed by atoms with van der Waals surface area (Å²) >= 11 is 7.94. The van der Waals surface area contributed by atoms with Crippen molar-refractivity contribution in [2.45, 2.75) is 0 Å². The zero-order valence-electron chi connectivity index (χ0n) is 5.46. The molecule has 4 heteroatoms. The Hall–Kier alpha value is -0.290. The van der Waals surface area contributed by atoms with Crippen LogP contribution in [0.15, 0.2) is 24.5 Å². The lowest BCUT2D eigenvalue weighted by Gasteiger charge is -1.90. The fourth-order valence-corrected chi connectivity index (χ4v) is 1.63. The van der Waals surface area contributed by atoms with E-state index in [-0.39, 0.29) is 0 Å². The van der Waals surface area contributed by atoms with E-state index < -0.39 is 0 Å². The molecule has 0 bridgehead atoms. The first-order valence-corrected chi connectivity index (χ1v) is 4.51. The molecule has 0 aromatic carbocycles. The molecule has 2 rings (SSSR count). The highest BCUT2D eigenvalue weighted by atomic mass is 127. The van der Waals surface area contributed by atoms with Crippen molar-refractivity contribution in [1.29, 1.82) is 0 Å². The summed E-state index contributed by atoms with van der Waals surface area (Å²) in [6.07, 6.45) is 3.85. The lowest BCUT2D eigenvalue weighted by atomic mass is 10.5. The van der Waals surface area contributed by atoms with E-state index >= 15 is 0 Å². The monoisotopic (exact) mass is 278 g/mol. The van der Waals surface area contributed by atoms with Gasteiger partial charge in [0, 0.05) is 23.5 Å². The molecule has 0 aliphatic carbocycles. The molecule has 0 unspecified atom stereocenters. The molecule has 0 fully saturated rings. The molecular weight excluding hydrogens is 274 g/mol. The van der Waals surface area contributed by atoms with Crippen LogP contribution in [-0.4, -0.2) is 9.38 Å². The smallest absolute Gasteiger partial charge is 0.139 e. The second-order valence-corrected chi connectivity index (χ2v) is 3.72. The topological polar surface area (TPSA) is 17.3 Å². The number of pyridine rings is 1. The van der Waals surface area contributed by atoms with Crippen LogP contribution in [0, 0.1) is 3.70 Å². The van der Waals surface area contributed by atoms with Crippen LogP contribution >= 0.6 is 34.2 Å². The summed E-state index contributed by atoms with van der Waals surface area (Å²) in [5.41, 5.74) is 0.891. The fourth-order valence-electron chi connectivity index (χ4n) is 0.926. The first-order valence-electron chi connectivity index (χ1n) is 3.05. The van der Waals surface area contributed by atoms with Crippen molar-refractivity contribution in [2.24, 2.45) is 0 Å². The number of hydrogen-bond acceptors (Lipinski definition) is 1. The summed E-state index contributed by atoms with van der Waals surface area (Å²) in [5.74, 6) is 0. The molecule has 0 aliphatic heterocycles. The van der Waals surface area contributed by atoms with Gasteiger partial charge < -0.3 is 4.40 Å². The van der Waals surface area contributed by atoms with Crippen LogP contribution in [-0.2, 0) is 0 Å². The van der Waals surface area contributed by atoms with E-state index in [2.05, 4.69) is 27.6 Å². The third-order valence-corrected chi connectivity index (χ3v) is 2.15. The summed E-state index contributed by atoms with van der Waals surface area (Å²) in [7, 11) is 0. The molecule has 0 N–H and O–H groups in total. The number of imidazole rings is 1. The van der Waals surface area contributed by atoms with Crippen molar-refractivity contribution in [3.05, 3.63) is 33.2 Å². The molecule has 0 spiro atoms. The van der Waals surface area contributed by atoms with Crippen molar-refractivity contribution >= 4 is 39.8 Å². The summed E-state index contributed by atoms with van der Waals surface area (Å²) < 4.78 is 2.91. The molecule has 2 aromatic rings. The quantitative estimate of drug-likeness (QED) is 0.677. The standard InChI is InChI=1S/C7H4ClIN2/c8-5-1-2-11-4-6(9)10-7(11)3-5/h1-4H. The average Bonchev–Trinajstić information content (AvgIpc) is 2.27. The van der Waals surface area contributed by atoms with Crippen LogP contribution in [0.5, 0.6) is 0 Å². The average molecular weight is 278 g/mol. The highest BCUT2D eigenvalue weighted by Crippen LogP contribution is 2.12. The number of nitrogens with zero attached hydrogens (tertiary/aromatic N) is 2. The Morgan fingerprint density at radius 1 is 1.55 bits per heavy atom. The SMILES string of the molecule is Clc1ccn2cc(I)nc2c1.